The summed E-state index contributed by atoms with van der Waals surface area (Å²) in [5, 5.41) is 9.21. The molecule has 0 rings (SSSR count). The van der Waals surface area contributed by atoms with E-state index in [1.165, 1.54) is 13.0 Å². The zero-order valence-electron chi connectivity index (χ0n) is 8.58. The van der Waals surface area contributed by atoms with Crippen molar-refractivity contribution in [1.29, 1.82) is 0 Å². The van der Waals surface area contributed by atoms with Gasteiger partial charge in [0.15, 0.2) is 5.78 Å². The average molecular weight is 182 g/mol. The SMILES string of the molecule is CCC(/C=C\C(O)=C\C(C)=O)CC. The molecule has 0 unspecified atom stereocenters. The van der Waals surface area contributed by atoms with Crippen molar-refractivity contribution >= 4 is 5.78 Å². The molecule has 0 radical (unpaired) electrons. The van der Waals surface area contributed by atoms with Gasteiger partial charge in [-0.25, -0.2) is 0 Å². The molecule has 0 saturated carbocycles. The van der Waals surface area contributed by atoms with Crippen LogP contribution < -0.4 is 0 Å². The number of ketones is 1. The Balaban J connectivity index is 4.17. The lowest BCUT2D eigenvalue weighted by atomic mass is 10.0. The Kier molecular flexibility index (Phi) is 5.94. The summed E-state index contributed by atoms with van der Waals surface area (Å²) in [6.45, 7) is 5.62. The minimum Gasteiger partial charge on any atom is -0.508 e. The summed E-state index contributed by atoms with van der Waals surface area (Å²) in [5.74, 6) is 0.397. The molecule has 74 valence electrons. The third kappa shape index (κ3) is 6.14. The summed E-state index contributed by atoms with van der Waals surface area (Å²) in [6, 6.07) is 0. The molecule has 2 heteroatoms. The van der Waals surface area contributed by atoms with Gasteiger partial charge in [0.05, 0.1) is 0 Å². The van der Waals surface area contributed by atoms with Crippen molar-refractivity contribution in [2.45, 2.75) is 33.6 Å². The van der Waals surface area contributed by atoms with E-state index in [0.29, 0.717) is 5.92 Å². The highest BCUT2D eigenvalue weighted by Crippen LogP contribution is 2.09. The van der Waals surface area contributed by atoms with Crippen molar-refractivity contribution in [3.63, 3.8) is 0 Å². The number of hydrogen-bond donors (Lipinski definition) is 1. The lowest BCUT2D eigenvalue weighted by Gasteiger charge is -2.03. The van der Waals surface area contributed by atoms with E-state index in [1.54, 1.807) is 6.08 Å². The highest BCUT2D eigenvalue weighted by molar-refractivity contribution is 5.87. The first-order valence-electron chi connectivity index (χ1n) is 4.69. The Labute approximate surface area is 80.0 Å². The molecule has 0 aromatic heterocycles. The molecule has 0 bridgehead atoms. The fourth-order valence-electron chi connectivity index (χ4n) is 1.05. The summed E-state index contributed by atoms with van der Waals surface area (Å²) < 4.78 is 0. The Morgan fingerprint density at radius 1 is 1.38 bits per heavy atom. The second-order valence-corrected chi connectivity index (χ2v) is 3.12. The van der Waals surface area contributed by atoms with Crippen molar-refractivity contribution < 1.29 is 9.90 Å². The third-order valence-electron chi connectivity index (χ3n) is 1.94. The summed E-state index contributed by atoms with van der Waals surface area (Å²) in [4.78, 5) is 10.6. The first-order chi connectivity index (χ1) is 6.10. The minimum atomic E-state index is -0.133. The lowest BCUT2D eigenvalue weighted by Crippen LogP contribution is -1.91. The van der Waals surface area contributed by atoms with Crippen molar-refractivity contribution in [2.24, 2.45) is 5.92 Å². The van der Waals surface area contributed by atoms with Crippen LogP contribution in [-0.4, -0.2) is 10.9 Å². The standard InChI is InChI=1S/C11H18O2/c1-4-10(5-2)6-7-11(13)8-9(3)12/h6-8,10,13H,4-5H2,1-3H3/b7-6-,11-8-. The molecule has 0 aliphatic carbocycles. The first kappa shape index (κ1) is 11.9. The second-order valence-electron chi connectivity index (χ2n) is 3.12. The number of allylic oxidation sites excluding steroid dienone is 3. The van der Waals surface area contributed by atoms with Crippen LogP contribution in [0.25, 0.3) is 0 Å². The molecular weight excluding hydrogens is 164 g/mol. The third-order valence-corrected chi connectivity index (χ3v) is 1.94. The molecule has 13 heavy (non-hydrogen) atoms. The molecule has 0 atom stereocenters. The topological polar surface area (TPSA) is 37.3 Å². The van der Waals surface area contributed by atoms with Crippen LogP contribution in [-0.2, 0) is 4.79 Å². The van der Waals surface area contributed by atoms with Crippen LogP contribution in [0.1, 0.15) is 33.6 Å². The summed E-state index contributed by atoms with van der Waals surface area (Å²) >= 11 is 0. The fraction of sp³-hybridized carbons (Fsp3) is 0.545. The Morgan fingerprint density at radius 3 is 2.31 bits per heavy atom. The van der Waals surface area contributed by atoms with Gasteiger partial charge in [-0.05, 0) is 31.8 Å². The number of aliphatic hydroxyl groups is 1. The molecule has 0 spiro atoms. The molecule has 2 nitrogen and oxygen atoms in total. The lowest BCUT2D eigenvalue weighted by molar-refractivity contribution is -0.112. The monoisotopic (exact) mass is 182 g/mol. The van der Waals surface area contributed by atoms with Crippen LogP contribution in [0, 0.1) is 5.92 Å². The first-order valence-corrected chi connectivity index (χ1v) is 4.69. The fourth-order valence-corrected chi connectivity index (χ4v) is 1.05. The van der Waals surface area contributed by atoms with E-state index in [1.807, 2.05) is 6.08 Å². The maximum Gasteiger partial charge on any atom is 0.156 e. The van der Waals surface area contributed by atoms with E-state index >= 15 is 0 Å². The number of rotatable bonds is 5. The van der Waals surface area contributed by atoms with Crippen LogP contribution in [0.3, 0.4) is 0 Å². The maximum absolute atomic E-state index is 10.6. The van der Waals surface area contributed by atoms with Crippen molar-refractivity contribution in [3.8, 4) is 0 Å². The summed E-state index contributed by atoms with van der Waals surface area (Å²) in [5.41, 5.74) is 0. The van der Waals surface area contributed by atoms with Gasteiger partial charge in [0.2, 0.25) is 0 Å². The zero-order chi connectivity index (χ0) is 10.3. The minimum absolute atomic E-state index is 0.0411. The molecule has 0 aromatic rings. The van der Waals surface area contributed by atoms with Gasteiger partial charge >= 0.3 is 0 Å². The van der Waals surface area contributed by atoms with Crippen molar-refractivity contribution in [1.82, 2.24) is 0 Å². The number of aliphatic hydroxyl groups excluding tert-OH is 1. The van der Waals surface area contributed by atoms with Gasteiger partial charge in [-0.1, -0.05) is 19.9 Å². The van der Waals surface area contributed by atoms with E-state index < -0.39 is 0 Å². The van der Waals surface area contributed by atoms with Crippen LogP contribution in [0.15, 0.2) is 24.0 Å². The number of hydrogen-bond acceptors (Lipinski definition) is 2. The molecule has 0 amide bonds. The van der Waals surface area contributed by atoms with E-state index in [-0.39, 0.29) is 11.5 Å². The summed E-state index contributed by atoms with van der Waals surface area (Å²) in [7, 11) is 0. The van der Waals surface area contributed by atoms with Crippen LogP contribution in [0.4, 0.5) is 0 Å². The summed E-state index contributed by atoms with van der Waals surface area (Å²) in [6.07, 6.45) is 6.87. The molecule has 0 aliphatic heterocycles. The normalized spacial score (nSPS) is 12.8. The van der Waals surface area contributed by atoms with E-state index in [2.05, 4.69) is 13.8 Å². The van der Waals surface area contributed by atoms with Gasteiger partial charge in [-0.2, -0.15) is 0 Å². The highest BCUT2D eigenvalue weighted by Gasteiger charge is 1.97. The van der Waals surface area contributed by atoms with Gasteiger partial charge in [-0.15, -0.1) is 0 Å². The molecular formula is C11H18O2. The smallest absolute Gasteiger partial charge is 0.156 e. The predicted molar refractivity (Wildman–Crippen MR) is 54.6 cm³/mol. The van der Waals surface area contributed by atoms with E-state index in [4.69, 9.17) is 0 Å². The molecule has 0 saturated heterocycles. The van der Waals surface area contributed by atoms with E-state index in [9.17, 15) is 9.90 Å². The number of carbonyl (C=O) groups is 1. The average Bonchev–Trinajstić information content (AvgIpc) is 2.05. The molecule has 0 aliphatic rings. The molecule has 0 fully saturated rings. The zero-order valence-corrected chi connectivity index (χ0v) is 8.58. The van der Waals surface area contributed by atoms with E-state index in [0.717, 1.165) is 12.8 Å². The Morgan fingerprint density at radius 2 is 1.92 bits per heavy atom. The van der Waals surface area contributed by atoms with Crippen molar-refractivity contribution in [3.05, 3.63) is 24.0 Å². The predicted octanol–water partition coefficient (Wildman–Crippen LogP) is 3.01. The maximum atomic E-state index is 10.6. The Bertz CT molecular complexity index is 210. The Hall–Kier alpha value is -1.05. The van der Waals surface area contributed by atoms with Crippen LogP contribution in [0.2, 0.25) is 0 Å². The van der Waals surface area contributed by atoms with Gasteiger partial charge in [0, 0.05) is 6.08 Å². The van der Waals surface area contributed by atoms with Gasteiger partial charge in [0.1, 0.15) is 5.76 Å². The number of carbonyl (C=O) groups excluding carboxylic acids is 1. The quantitative estimate of drug-likeness (QED) is 0.403. The van der Waals surface area contributed by atoms with Gasteiger partial charge < -0.3 is 5.11 Å². The molecule has 0 heterocycles. The molecule has 1 N–H and O–H groups in total. The van der Waals surface area contributed by atoms with Crippen molar-refractivity contribution in [2.75, 3.05) is 0 Å². The van der Waals surface area contributed by atoms with Gasteiger partial charge in [0.25, 0.3) is 0 Å². The second kappa shape index (κ2) is 6.46. The molecule has 0 aromatic carbocycles. The van der Waals surface area contributed by atoms with Gasteiger partial charge in [-0.3, -0.25) is 4.79 Å². The largest absolute Gasteiger partial charge is 0.508 e. The highest BCUT2D eigenvalue weighted by atomic mass is 16.3. The van der Waals surface area contributed by atoms with Crippen LogP contribution in [0.5, 0.6) is 0 Å². The van der Waals surface area contributed by atoms with Crippen LogP contribution >= 0.6 is 0 Å².